The van der Waals surface area contributed by atoms with Crippen LogP contribution in [0.4, 0.5) is 0 Å². The molecule has 0 aromatic carbocycles. The van der Waals surface area contributed by atoms with Crippen LogP contribution in [0.1, 0.15) is 46.5 Å². The Labute approximate surface area is 232 Å². The van der Waals surface area contributed by atoms with Crippen molar-refractivity contribution >= 4 is 17.9 Å². The van der Waals surface area contributed by atoms with E-state index in [1.54, 1.807) is 32.1 Å². The van der Waals surface area contributed by atoms with Crippen molar-refractivity contribution < 1.29 is 53.4 Å². The van der Waals surface area contributed by atoms with Gasteiger partial charge in [0.2, 0.25) is 0 Å². The Morgan fingerprint density at radius 2 is 1.93 bits per heavy atom. The molecule has 1 saturated carbocycles. The van der Waals surface area contributed by atoms with E-state index in [4.69, 9.17) is 23.7 Å². The first kappa shape index (κ1) is 28.9. The number of hydrogen-bond donors (Lipinski definition) is 3. The Kier molecular flexibility index (Phi) is 7.73. The van der Waals surface area contributed by atoms with Crippen LogP contribution in [0, 0.1) is 16.7 Å². The number of aliphatic hydroxyl groups excluding tert-OH is 2. The van der Waals surface area contributed by atoms with Crippen molar-refractivity contribution in [2.45, 2.75) is 88.7 Å². The maximum Gasteiger partial charge on any atom is 0.335 e. The van der Waals surface area contributed by atoms with Gasteiger partial charge in [0.1, 0.15) is 24.4 Å². The minimum absolute atomic E-state index is 0.167. The molecular weight excluding hydrogens is 524 g/mol. The number of ether oxygens (including phenoxy) is 5. The SMILES string of the molecule is CC(O)C1C=CC=CC(=O)OC2CC3OC4C=C(C(=O)O)CCC4(COC(=O)C(O)C(C)CCO1)C2(C)C31CO1. The number of cyclic esters (lactones) is 1. The summed E-state index contributed by atoms with van der Waals surface area (Å²) in [5, 5.41) is 30.5. The summed E-state index contributed by atoms with van der Waals surface area (Å²) in [7, 11) is 0. The van der Waals surface area contributed by atoms with Crippen LogP contribution in [-0.4, -0.2) is 95.3 Å². The van der Waals surface area contributed by atoms with Crippen molar-refractivity contribution in [3.05, 3.63) is 36.0 Å². The zero-order valence-corrected chi connectivity index (χ0v) is 23.0. The van der Waals surface area contributed by atoms with Crippen LogP contribution in [0.3, 0.4) is 0 Å². The predicted octanol–water partition coefficient (Wildman–Crippen LogP) is 1.46. The molecule has 0 aromatic rings. The number of carbonyl (C=O) groups excluding carboxylic acids is 2. The van der Waals surface area contributed by atoms with Crippen LogP contribution in [0.15, 0.2) is 36.0 Å². The van der Waals surface area contributed by atoms with Gasteiger partial charge in [-0.1, -0.05) is 32.1 Å². The molecule has 0 aromatic heterocycles. The Balaban J connectivity index is 1.53. The first-order chi connectivity index (χ1) is 18.9. The van der Waals surface area contributed by atoms with Gasteiger partial charge >= 0.3 is 17.9 Å². The number of hydrogen-bond acceptors (Lipinski definition) is 10. The third-order valence-electron chi connectivity index (χ3n) is 9.80. The molecule has 10 unspecified atom stereocenters. The monoisotopic (exact) mass is 562 g/mol. The van der Waals surface area contributed by atoms with E-state index >= 15 is 0 Å². The van der Waals surface area contributed by atoms with Crippen LogP contribution < -0.4 is 0 Å². The number of carboxylic acids is 1. The Bertz CT molecular complexity index is 1120. The molecule has 0 amide bonds. The van der Waals surface area contributed by atoms with Gasteiger partial charge in [0.15, 0.2) is 6.10 Å². The van der Waals surface area contributed by atoms with E-state index in [0.29, 0.717) is 25.9 Å². The fourth-order valence-electron chi connectivity index (χ4n) is 7.08. The summed E-state index contributed by atoms with van der Waals surface area (Å²) in [6.07, 6.45) is 4.03. The van der Waals surface area contributed by atoms with Crippen LogP contribution in [0.5, 0.6) is 0 Å². The van der Waals surface area contributed by atoms with Gasteiger partial charge in [0.05, 0.1) is 30.3 Å². The van der Waals surface area contributed by atoms with E-state index in [1.165, 1.54) is 12.2 Å². The molecule has 10 atom stereocenters. The van der Waals surface area contributed by atoms with Crippen LogP contribution in [0.25, 0.3) is 0 Å². The van der Waals surface area contributed by atoms with Crippen molar-refractivity contribution in [3.63, 3.8) is 0 Å². The molecule has 220 valence electrons. The maximum absolute atomic E-state index is 13.1. The molecule has 0 radical (unpaired) electrons. The van der Waals surface area contributed by atoms with Gasteiger partial charge in [-0.2, -0.15) is 0 Å². The normalized spacial score (nSPS) is 44.5. The van der Waals surface area contributed by atoms with Crippen LogP contribution in [-0.2, 0) is 38.1 Å². The molecule has 2 spiro atoms. The smallest absolute Gasteiger partial charge is 0.335 e. The highest BCUT2D eigenvalue weighted by Gasteiger charge is 2.83. The topological polar surface area (TPSA) is 161 Å². The summed E-state index contributed by atoms with van der Waals surface area (Å²) in [6.45, 7) is 5.61. The highest BCUT2D eigenvalue weighted by Crippen LogP contribution is 2.72. The molecule has 2 aliphatic carbocycles. The van der Waals surface area contributed by atoms with Gasteiger partial charge in [-0.25, -0.2) is 14.4 Å². The van der Waals surface area contributed by atoms with E-state index in [-0.39, 0.29) is 25.2 Å². The van der Waals surface area contributed by atoms with E-state index < -0.39 is 76.9 Å². The molecule has 2 saturated heterocycles. The molecule has 3 N–H and O–H groups in total. The molecule has 2 bridgehead atoms. The third-order valence-corrected chi connectivity index (χ3v) is 9.80. The fourth-order valence-corrected chi connectivity index (χ4v) is 7.08. The van der Waals surface area contributed by atoms with Crippen molar-refractivity contribution in [2.75, 3.05) is 19.8 Å². The molecule has 11 heteroatoms. The number of aliphatic carboxylic acids is 1. The number of aliphatic hydroxyl groups is 2. The second kappa shape index (κ2) is 10.7. The van der Waals surface area contributed by atoms with E-state index in [1.807, 2.05) is 6.92 Å². The quantitative estimate of drug-likeness (QED) is 0.330. The van der Waals surface area contributed by atoms with E-state index in [9.17, 15) is 29.7 Å². The Hall–Kier alpha value is -2.57. The van der Waals surface area contributed by atoms with E-state index in [0.717, 1.165) is 0 Å². The maximum atomic E-state index is 13.1. The number of rotatable bonds is 2. The van der Waals surface area contributed by atoms with Crippen molar-refractivity contribution in [1.29, 1.82) is 0 Å². The van der Waals surface area contributed by atoms with Gasteiger partial charge in [0, 0.05) is 30.1 Å². The molecule has 3 fully saturated rings. The molecule has 5 aliphatic rings. The first-order valence-corrected chi connectivity index (χ1v) is 13.9. The first-order valence-electron chi connectivity index (χ1n) is 13.9. The number of carboxylic acid groups (broad SMARTS) is 1. The number of epoxide rings is 1. The van der Waals surface area contributed by atoms with E-state index in [2.05, 4.69) is 0 Å². The van der Waals surface area contributed by atoms with Gasteiger partial charge in [-0.3, -0.25) is 0 Å². The fraction of sp³-hybridized carbons (Fsp3) is 0.690. The lowest BCUT2D eigenvalue weighted by Crippen LogP contribution is -2.67. The Morgan fingerprint density at radius 1 is 1.18 bits per heavy atom. The summed E-state index contributed by atoms with van der Waals surface area (Å²) in [5.41, 5.74) is -2.40. The summed E-state index contributed by atoms with van der Waals surface area (Å²) >= 11 is 0. The largest absolute Gasteiger partial charge is 0.478 e. The molecule has 3 aliphatic heterocycles. The number of allylic oxidation sites excluding steroid dienone is 2. The summed E-state index contributed by atoms with van der Waals surface area (Å²) in [6, 6.07) is 0. The summed E-state index contributed by atoms with van der Waals surface area (Å²) < 4.78 is 30.0. The molecule has 11 nitrogen and oxygen atoms in total. The zero-order valence-electron chi connectivity index (χ0n) is 23.0. The van der Waals surface area contributed by atoms with Gasteiger partial charge in [0.25, 0.3) is 0 Å². The standard InChI is InChI=1S/C29H38O11/c1-16-9-11-36-19(17(2)30)6-4-5-7-23(31)40-20-13-22-29(15-38-29)27(20,3)28(14-37-26(35)24(16)32)10-8-18(25(33)34)12-21(28)39-22/h4-7,12,16-17,19-22,24,30,32H,8-11,13-15H2,1-3H3,(H,33,34). The molecule has 3 heterocycles. The minimum atomic E-state index is -1.43. The molecule has 5 rings (SSSR count). The lowest BCUT2D eigenvalue weighted by Gasteiger charge is -2.58. The van der Waals surface area contributed by atoms with Crippen molar-refractivity contribution in [2.24, 2.45) is 16.7 Å². The highest BCUT2D eigenvalue weighted by molar-refractivity contribution is 5.87. The van der Waals surface area contributed by atoms with Crippen molar-refractivity contribution in [3.8, 4) is 0 Å². The lowest BCUT2D eigenvalue weighted by molar-refractivity contribution is -0.234. The average Bonchev–Trinajstić information content (AvgIpc) is 3.69. The average molecular weight is 563 g/mol. The predicted molar refractivity (Wildman–Crippen MR) is 138 cm³/mol. The van der Waals surface area contributed by atoms with Gasteiger partial charge in [-0.15, -0.1) is 0 Å². The molecule has 40 heavy (non-hydrogen) atoms. The van der Waals surface area contributed by atoms with Crippen LogP contribution >= 0.6 is 0 Å². The van der Waals surface area contributed by atoms with Crippen molar-refractivity contribution in [1.82, 2.24) is 0 Å². The van der Waals surface area contributed by atoms with Gasteiger partial charge in [-0.05, 0) is 38.2 Å². The number of esters is 2. The van der Waals surface area contributed by atoms with Gasteiger partial charge < -0.3 is 39.0 Å². The Morgan fingerprint density at radius 3 is 2.60 bits per heavy atom. The molecular formula is C29H38O11. The highest BCUT2D eigenvalue weighted by atomic mass is 16.6. The van der Waals surface area contributed by atoms with Crippen LogP contribution in [0.2, 0.25) is 0 Å². The second-order valence-corrected chi connectivity index (χ2v) is 11.9. The summed E-state index contributed by atoms with van der Waals surface area (Å²) in [4.78, 5) is 37.9. The second-order valence-electron chi connectivity index (χ2n) is 11.9. The third kappa shape index (κ3) is 4.61. The lowest BCUT2D eigenvalue weighted by atomic mass is 9.51. The number of carbonyl (C=O) groups is 3. The summed E-state index contributed by atoms with van der Waals surface area (Å²) in [5.74, 6) is -2.93. The zero-order chi connectivity index (χ0) is 28.9. The minimum Gasteiger partial charge on any atom is -0.478 e.